The maximum Gasteiger partial charge on any atom is 0.337 e. The highest BCUT2D eigenvalue weighted by Crippen LogP contribution is 2.38. The Morgan fingerprint density at radius 3 is 3.00 bits per heavy atom. The number of nitrogens with one attached hydrogen (secondary N) is 1. The fraction of sp³-hybridized carbons (Fsp3) is 0.316. The van der Waals surface area contributed by atoms with Gasteiger partial charge < -0.3 is 15.2 Å². The van der Waals surface area contributed by atoms with Gasteiger partial charge >= 0.3 is 5.97 Å². The zero-order chi connectivity index (χ0) is 19.0. The SMILES string of the molecule is Cc1cc(Cl)cc(-c2ncnn3cc(C(=O)O)cc23)c1OC1CCCNC1. The van der Waals surface area contributed by atoms with E-state index in [0.717, 1.165) is 37.1 Å². The molecule has 1 unspecified atom stereocenters. The van der Waals surface area contributed by atoms with Crippen LogP contribution < -0.4 is 10.1 Å². The van der Waals surface area contributed by atoms with E-state index >= 15 is 0 Å². The minimum absolute atomic E-state index is 0.0663. The van der Waals surface area contributed by atoms with Crippen LogP contribution in [0.15, 0.2) is 30.7 Å². The van der Waals surface area contributed by atoms with Crippen LogP contribution in [0, 0.1) is 6.92 Å². The average molecular weight is 387 g/mol. The lowest BCUT2D eigenvalue weighted by Gasteiger charge is -2.26. The summed E-state index contributed by atoms with van der Waals surface area (Å²) >= 11 is 6.31. The quantitative estimate of drug-likeness (QED) is 0.715. The van der Waals surface area contributed by atoms with Gasteiger partial charge in [-0.1, -0.05) is 11.6 Å². The predicted octanol–water partition coefficient (Wildman–Crippen LogP) is 3.19. The number of hydrogen-bond acceptors (Lipinski definition) is 5. The third-order valence-corrected chi connectivity index (χ3v) is 4.90. The number of nitrogens with zero attached hydrogens (tertiary/aromatic N) is 3. The monoisotopic (exact) mass is 386 g/mol. The van der Waals surface area contributed by atoms with Crippen molar-refractivity contribution in [1.29, 1.82) is 0 Å². The second kappa shape index (κ2) is 7.17. The largest absolute Gasteiger partial charge is 0.488 e. The predicted molar refractivity (Wildman–Crippen MR) is 102 cm³/mol. The van der Waals surface area contributed by atoms with E-state index in [4.69, 9.17) is 16.3 Å². The molecule has 3 heterocycles. The maximum absolute atomic E-state index is 11.3. The summed E-state index contributed by atoms with van der Waals surface area (Å²) in [7, 11) is 0. The second-order valence-corrected chi connectivity index (χ2v) is 7.09. The number of rotatable bonds is 4. The molecule has 140 valence electrons. The Hall–Kier alpha value is -2.64. The summed E-state index contributed by atoms with van der Waals surface area (Å²) in [5.74, 6) is -0.301. The number of benzene rings is 1. The lowest BCUT2D eigenvalue weighted by atomic mass is 10.0. The molecule has 1 aliphatic rings. The molecular formula is C19H19ClN4O3. The zero-order valence-corrected chi connectivity index (χ0v) is 15.5. The zero-order valence-electron chi connectivity index (χ0n) is 14.8. The highest BCUT2D eigenvalue weighted by molar-refractivity contribution is 6.31. The molecule has 1 aromatic carbocycles. The fourth-order valence-electron chi connectivity index (χ4n) is 3.40. The third-order valence-electron chi connectivity index (χ3n) is 4.68. The molecule has 0 amide bonds. The van der Waals surface area contributed by atoms with Crippen LogP contribution in [0.2, 0.25) is 5.02 Å². The molecule has 1 fully saturated rings. The molecule has 2 aromatic heterocycles. The smallest absolute Gasteiger partial charge is 0.337 e. The molecule has 0 spiro atoms. The molecular weight excluding hydrogens is 368 g/mol. The van der Waals surface area contributed by atoms with Crippen molar-refractivity contribution in [2.75, 3.05) is 13.1 Å². The summed E-state index contributed by atoms with van der Waals surface area (Å²) in [6.07, 6.45) is 4.96. The fourth-order valence-corrected chi connectivity index (χ4v) is 3.68. The first-order valence-electron chi connectivity index (χ1n) is 8.77. The number of fused-ring (bicyclic) bond motifs is 1. The van der Waals surface area contributed by atoms with Crippen molar-refractivity contribution in [1.82, 2.24) is 19.9 Å². The van der Waals surface area contributed by atoms with E-state index in [1.807, 2.05) is 13.0 Å². The number of aryl methyl sites for hydroxylation is 1. The van der Waals surface area contributed by atoms with Crippen LogP contribution in [0.25, 0.3) is 16.8 Å². The van der Waals surface area contributed by atoms with E-state index in [2.05, 4.69) is 15.4 Å². The van der Waals surface area contributed by atoms with E-state index in [1.54, 1.807) is 12.1 Å². The molecule has 0 aliphatic carbocycles. The molecule has 3 aromatic rings. The molecule has 0 saturated carbocycles. The van der Waals surface area contributed by atoms with Gasteiger partial charge in [-0.2, -0.15) is 5.10 Å². The Kier molecular flexibility index (Phi) is 4.72. The van der Waals surface area contributed by atoms with Crippen LogP contribution in [-0.2, 0) is 0 Å². The molecule has 1 saturated heterocycles. The van der Waals surface area contributed by atoms with E-state index in [-0.39, 0.29) is 11.7 Å². The van der Waals surface area contributed by atoms with E-state index in [1.165, 1.54) is 17.0 Å². The summed E-state index contributed by atoms with van der Waals surface area (Å²) in [6.45, 7) is 3.73. The van der Waals surface area contributed by atoms with E-state index in [9.17, 15) is 9.90 Å². The second-order valence-electron chi connectivity index (χ2n) is 6.66. The highest BCUT2D eigenvalue weighted by atomic mass is 35.5. The Balaban J connectivity index is 1.85. The molecule has 27 heavy (non-hydrogen) atoms. The van der Waals surface area contributed by atoms with Crippen molar-refractivity contribution < 1.29 is 14.6 Å². The Bertz CT molecular complexity index is 1010. The molecule has 0 bridgehead atoms. The van der Waals surface area contributed by atoms with Crippen molar-refractivity contribution in [3.63, 3.8) is 0 Å². The number of halogens is 1. The van der Waals surface area contributed by atoms with Crippen molar-refractivity contribution in [2.45, 2.75) is 25.9 Å². The number of piperidine rings is 1. The van der Waals surface area contributed by atoms with Gasteiger partial charge in [0.1, 0.15) is 23.9 Å². The summed E-state index contributed by atoms with van der Waals surface area (Å²) in [5.41, 5.74) is 2.96. The van der Waals surface area contributed by atoms with Crippen molar-refractivity contribution in [3.8, 4) is 17.0 Å². The topological polar surface area (TPSA) is 88.8 Å². The number of carboxylic acids is 1. The summed E-state index contributed by atoms with van der Waals surface area (Å²) in [4.78, 5) is 15.7. The molecule has 0 radical (unpaired) electrons. The Labute approximate surface area is 160 Å². The minimum atomic E-state index is -1.02. The van der Waals surface area contributed by atoms with Gasteiger partial charge in [-0.15, -0.1) is 0 Å². The molecule has 1 atom stereocenters. The number of aromatic nitrogens is 3. The number of carbonyl (C=O) groups is 1. The normalized spacial score (nSPS) is 17.2. The van der Waals surface area contributed by atoms with Crippen molar-refractivity contribution in [2.24, 2.45) is 0 Å². The number of hydrogen-bond donors (Lipinski definition) is 2. The molecule has 2 N–H and O–H groups in total. The van der Waals surface area contributed by atoms with Crippen LogP contribution in [0.3, 0.4) is 0 Å². The van der Waals surface area contributed by atoms with Crippen molar-refractivity contribution >= 4 is 23.1 Å². The molecule has 4 rings (SSSR count). The Morgan fingerprint density at radius 2 is 2.26 bits per heavy atom. The van der Waals surface area contributed by atoms with Gasteiger partial charge in [-0.25, -0.2) is 14.3 Å². The van der Waals surface area contributed by atoms with Crippen LogP contribution in [0.4, 0.5) is 0 Å². The summed E-state index contributed by atoms with van der Waals surface area (Å²) in [5, 5.41) is 17.3. The first-order chi connectivity index (χ1) is 13.0. The molecule has 8 heteroatoms. The average Bonchev–Trinajstić information content (AvgIpc) is 3.09. The van der Waals surface area contributed by atoms with Gasteiger partial charge in [-0.3, -0.25) is 0 Å². The standard InChI is InChI=1S/C19H19ClN4O3/c1-11-5-13(20)7-15(18(11)27-14-3-2-4-21-8-14)17-16-6-12(19(25)26)9-24(16)23-10-22-17/h5-7,9-10,14,21H,2-4,8H2,1H3,(H,25,26). The first-order valence-corrected chi connectivity index (χ1v) is 9.15. The Morgan fingerprint density at radius 1 is 1.41 bits per heavy atom. The molecule has 7 nitrogen and oxygen atoms in total. The number of aromatic carboxylic acids is 1. The van der Waals surface area contributed by atoms with Crippen molar-refractivity contribution in [3.05, 3.63) is 46.9 Å². The van der Waals surface area contributed by atoms with Gasteiger partial charge in [0, 0.05) is 23.3 Å². The summed E-state index contributed by atoms with van der Waals surface area (Å²) < 4.78 is 7.83. The van der Waals surface area contributed by atoms with Gasteiger partial charge in [0.2, 0.25) is 0 Å². The van der Waals surface area contributed by atoms with Gasteiger partial charge in [-0.05, 0) is 50.1 Å². The van der Waals surface area contributed by atoms with Gasteiger partial charge in [0.05, 0.1) is 11.1 Å². The first kappa shape index (κ1) is 17.8. The third kappa shape index (κ3) is 3.48. The van der Waals surface area contributed by atoms with E-state index in [0.29, 0.717) is 22.0 Å². The lowest BCUT2D eigenvalue weighted by molar-refractivity contribution is 0.0697. The van der Waals surface area contributed by atoms with Crippen LogP contribution >= 0.6 is 11.6 Å². The number of carboxylic acid groups (broad SMARTS) is 1. The van der Waals surface area contributed by atoms with E-state index < -0.39 is 5.97 Å². The molecule has 1 aliphatic heterocycles. The lowest BCUT2D eigenvalue weighted by Crippen LogP contribution is -2.37. The van der Waals surface area contributed by atoms with Crippen LogP contribution in [-0.4, -0.2) is 44.9 Å². The maximum atomic E-state index is 11.3. The summed E-state index contributed by atoms with van der Waals surface area (Å²) in [6, 6.07) is 5.21. The highest BCUT2D eigenvalue weighted by Gasteiger charge is 2.21. The van der Waals surface area contributed by atoms with Gasteiger partial charge in [0.15, 0.2) is 0 Å². The number of ether oxygens (including phenoxy) is 1. The van der Waals surface area contributed by atoms with Crippen LogP contribution in [0.1, 0.15) is 28.8 Å². The van der Waals surface area contributed by atoms with Crippen LogP contribution in [0.5, 0.6) is 5.75 Å². The van der Waals surface area contributed by atoms with Gasteiger partial charge in [0.25, 0.3) is 0 Å². The minimum Gasteiger partial charge on any atom is -0.488 e.